The number of piperidine rings is 1. The second kappa shape index (κ2) is 6.43. The van der Waals surface area contributed by atoms with Crippen LogP contribution in [-0.2, 0) is 4.79 Å². The number of nitriles is 1. The van der Waals surface area contributed by atoms with Gasteiger partial charge in [-0.15, -0.1) is 0 Å². The van der Waals surface area contributed by atoms with Crippen molar-refractivity contribution >= 4 is 34.1 Å². The topological polar surface area (TPSA) is 69.0 Å². The summed E-state index contributed by atoms with van der Waals surface area (Å²) in [5, 5.41) is 13.7. The van der Waals surface area contributed by atoms with Crippen LogP contribution < -0.4 is 10.2 Å². The van der Waals surface area contributed by atoms with Gasteiger partial charge in [0, 0.05) is 36.7 Å². The number of halogens is 1. The SMILES string of the molecule is CNC(=O)[C@@H]1CCCN(c2c(C#N)cnc3ccc(Cl)cc23)C1. The first-order valence-electron chi connectivity index (χ1n) is 7.59. The summed E-state index contributed by atoms with van der Waals surface area (Å²) in [4.78, 5) is 18.4. The molecule has 1 atom stereocenters. The fraction of sp³-hybridized carbons (Fsp3) is 0.353. The van der Waals surface area contributed by atoms with Crippen molar-refractivity contribution in [2.24, 2.45) is 5.92 Å². The Labute approximate surface area is 139 Å². The van der Waals surface area contributed by atoms with E-state index in [1.54, 1.807) is 19.3 Å². The Kier molecular flexibility index (Phi) is 4.35. The number of aromatic nitrogens is 1. The first kappa shape index (κ1) is 15.6. The van der Waals surface area contributed by atoms with Crippen LogP contribution in [0.4, 0.5) is 5.69 Å². The van der Waals surface area contributed by atoms with Gasteiger partial charge in [0.2, 0.25) is 5.91 Å². The van der Waals surface area contributed by atoms with Crippen molar-refractivity contribution in [3.05, 3.63) is 35.0 Å². The number of carbonyl (C=O) groups is 1. The lowest BCUT2D eigenvalue weighted by molar-refractivity contribution is -0.124. The van der Waals surface area contributed by atoms with E-state index in [-0.39, 0.29) is 11.8 Å². The molecular weight excluding hydrogens is 312 g/mol. The number of pyridine rings is 1. The minimum atomic E-state index is -0.0670. The van der Waals surface area contributed by atoms with Crippen LogP contribution in [-0.4, -0.2) is 31.0 Å². The average molecular weight is 329 g/mol. The molecule has 5 nitrogen and oxygen atoms in total. The maximum atomic E-state index is 12.0. The number of nitrogens with zero attached hydrogens (tertiary/aromatic N) is 3. The number of rotatable bonds is 2. The van der Waals surface area contributed by atoms with E-state index in [9.17, 15) is 10.1 Å². The fourth-order valence-corrected chi connectivity index (χ4v) is 3.34. The Morgan fingerprint density at radius 3 is 3.09 bits per heavy atom. The van der Waals surface area contributed by atoms with Gasteiger partial charge < -0.3 is 10.2 Å². The molecule has 1 aromatic heterocycles. The van der Waals surface area contributed by atoms with E-state index in [2.05, 4.69) is 21.3 Å². The molecule has 0 aliphatic carbocycles. The van der Waals surface area contributed by atoms with E-state index < -0.39 is 0 Å². The summed E-state index contributed by atoms with van der Waals surface area (Å²) in [5.74, 6) is -0.0210. The fourth-order valence-electron chi connectivity index (χ4n) is 3.17. The zero-order valence-electron chi connectivity index (χ0n) is 12.8. The second-order valence-electron chi connectivity index (χ2n) is 5.69. The quantitative estimate of drug-likeness (QED) is 0.920. The summed E-state index contributed by atoms with van der Waals surface area (Å²) in [6, 6.07) is 7.69. The average Bonchev–Trinajstić information content (AvgIpc) is 2.59. The normalized spacial score (nSPS) is 17.8. The van der Waals surface area contributed by atoms with Crippen LogP contribution >= 0.6 is 11.6 Å². The van der Waals surface area contributed by atoms with Gasteiger partial charge in [0.25, 0.3) is 0 Å². The second-order valence-corrected chi connectivity index (χ2v) is 6.13. The first-order chi connectivity index (χ1) is 11.1. The Morgan fingerprint density at radius 2 is 2.35 bits per heavy atom. The summed E-state index contributed by atoms with van der Waals surface area (Å²) in [6.45, 7) is 1.41. The standard InChI is InChI=1S/C17H17ClN4O/c1-20-17(23)11-3-2-6-22(10-11)16-12(8-19)9-21-15-5-4-13(18)7-14(15)16/h4-5,7,9,11H,2-3,6,10H2,1H3,(H,20,23)/t11-/m1/s1. The highest BCUT2D eigenvalue weighted by Crippen LogP contribution is 2.33. The number of fused-ring (bicyclic) bond motifs is 1. The van der Waals surface area contributed by atoms with E-state index in [1.165, 1.54) is 0 Å². The molecule has 1 aliphatic heterocycles. The molecule has 1 aliphatic rings. The molecule has 0 bridgehead atoms. The third-order valence-electron chi connectivity index (χ3n) is 4.28. The molecule has 1 amide bonds. The summed E-state index contributed by atoms with van der Waals surface area (Å²) < 4.78 is 0. The third-order valence-corrected chi connectivity index (χ3v) is 4.51. The van der Waals surface area contributed by atoms with Crippen molar-refractivity contribution in [1.29, 1.82) is 5.26 Å². The van der Waals surface area contributed by atoms with E-state index in [4.69, 9.17) is 11.6 Å². The number of benzene rings is 1. The molecule has 6 heteroatoms. The van der Waals surface area contributed by atoms with Gasteiger partial charge in [-0.05, 0) is 31.0 Å². The molecule has 1 fully saturated rings. The Balaban J connectivity index is 2.09. The molecule has 3 rings (SSSR count). The van der Waals surface area contributed by atoms with Crippen molar-refractivity contribution in [2.45, 2.75) is 12.8 Å². The molecule has 118 valence electrons. The van der Waals surface area contributed by atoms with E-state index in [1.807, 2.05) is 12.1 Å². The maximum Gasteiger partial charge on any atom is 0.224 e. The van der Waals surface area contributed by atoms with Crippen LogP contribution in [0.5, 0.6) is 0 Å². The van der Waals surface area contributed by atoms with Crippen molar-refractivity contribution in [2.75, 3.05) is 25.0 Å². The van der Waals surface area contributed by atoms with Gasteiger partial charge in [-0.2, -0.15) is 5.26 Å². The molecule has 0 spiro atoms. The predicted molar refractivity (Wildman–Crippen MR) is 90.5 cm³/mol. The van der Waals surface area contributed by atoms with Crippen LogP contribution in [0, 0.1) is 17.2 Å². The highest BCUT2D eigenvalue weighted by Gasteiger charge is 2.27. The molecule has 0 unspecified atom stereocenters. The molecule has 23 heavy (non-hydrogen) atoms. The van der Waals surface area contributed by atoms with Gasteiger partial charge in [0.05, 0.1) is 22.7 Å². The van der Waals surface area contributed by atoms with Gasteiger partial charge >= 0.3 is 0 Å². The van der Waals surface area contributed by atoms with E-state index in [0.29, 0.717) is 17.1 Å². The van der Waals surface area contributed by atoms with Crippen LogP contribution in [0.3, 0.4) is 0 Å². The molecule has 0 radical (unpaired) electrons. The van der Waals surface area contributed by atoms with Crippen molar-refractivity contribution < 1.29 is 4.79 Å². The zero-order chi connectivity index (χ0) is 16.4. The molecule has 1 N–H and O–H groups in total. The minimum absolute atomic E-state index is 0.0459. The van der Waals surface area contributed by atoms with Crippen LogP contribution in [0.25, 0.3) is 10.9 Å². The molecule has 1 saturated heterocycles. The molecule has 2 heterocycles. The molecular formula is C17H17ClN4O. The summed E-state index contributed by atoms with van der Waals surface area (Å²) in [7, 11) is 1.66. The Hall–Kier alpha value is -2.32. The number of carbonyl (C=O) groups excluding carboxylic acids is 1. The van der Waals surface area contributed by atoms with Crippen molar-refractivity contribution in [3.63, 3.8) is 0 Å². The van der Waals surface area contributed by atoms with Crippen molar-refractivity contribution in [3.8, 4) is 6.07 Å². The zero-order valence-corrected chi connectivity index (χ0v) is 13.6. The lowest BCUT2D eigenvalue weighted by Crippen LogP contribution is -2.42. The lowest BCUT2D eigenvalue weighted by atomic mass is 9.95. The predicted octanol–water partition coefficient (Wildman–Crippen LogP) is 2.72. The monoisotopic (exact) mass is 328 g/mol. The van der Waals surface area contributed by atoms with Crippen molar-refractivity contribution in [1.82, 2.24) is 10.3 Å². The van der Waals surface area contributed by atoms with Crippen LogP contribution in [0.15, 0.2) is 24.4 Å². The van der Waals surface area contributed by atoms with Crippen LogP contribution in [0.2, 0.25) is 5.02 Å². The van der Waals surface area contributed by atoms with Gasteiger partial charge in [-0.25, -0.2) is 0 Å². The first-order valence-corrected chi connectivity index (χ1v) is 7.96. The minimum Gasteiger partial charge on any atom is -0.369 e. The van der Waals surface area contributed by atoms with Gasteiger partial charge in [0.15, 0.2) is 0 Å². The molecule has 0 saturated carbocycles. The highest BCUT2D eigenvalue weighted by molar-refractivity contribution is 6.31. The number of nitrogens with one attached hydrogen (secondary N) is 1. The number of hydrogen-bond acceptors (Lipinski definition) is 4. The van der Waals surface area contributed by atoms with Gasteiger partial charge in [-0.3, -0.25) is 9.78 Å². The Morgan fingerprint density at radius 1 is 1.52 bits per heavy atom. The Bertz CT molecular complexity index is 799. The largest absolute Gasteiger partial charge is 0.369 e. The molecule has 1 aromatic carbocycles. The maximum absolute atomic E-state index is 12.0. The number of hydrogen-bond donors (Lipinski definition) is 1. The number of amides is 1. The van der Waals surface area contributed by atoms with Crippen LogP contribution in [0.1, 0.15) is 18.4 Å². The number of anilines is 1. The van der Waals surface area contributed by atoms with Gasteiger partial charge in [-0.1, -0.05) is 11.6 Å². The smallest absolute Gasteiger partial charge is 0.224 e. The van der Waals surface area contributed by atoms with E-state index >= 15 is 0 Å². The van der Waals surface area contributed by atoms with E-state index in [0.717, 1.165) is 36.0 Å². The summed E-state index contributed by atoms with van der Waals surface area (Å²) in [5.41, 5.74) is 2.14. The summed E-state index contributed by atoms with van der Waals surface area (Å²) >= 11 is 6.13. The third kappa shape index (κ3) is 2.95. The van der Waals surface area contributed by atoms with Gasteiger partial charge in [0.1, 0.15) is 6.07 Å². The molecule has 2 aromatic rings. The highest BCUT2D eigenvalue weighted by atomic mass is 35.5. The summed E-state index contributed by atoms with van der Waals surface area (Å²) in [6.07, 6.45) is 3.37. The lowest BCUT2D eigenvalue weighted by Gasteiger charge is -2.34.